The first-order valence-electron chi connectivity index (χ1n) is 8.26. The largest absolute Gasteiger partial charge is 0.418 e. The van der Waals surface area contributed by atoms with Gasteiger partial charge in [-0.15, -0.1) is 0 Å². The van der Waals surface area contributed by atoms with Crippen LogP contribution in [0.15, 0.2) is 42.5 Å². The Hall–Kier alpha value is -3.07. The number of rotatable bonds is 4. The van der Waals surface area contributed by atoms with E-state index in [2.05, 4.69) is 10.3 Å². The van der Waals surface area contributed by atoms with Crippen molar-refractivity contribution < 1.29 is 27.2 Å². The number of amides is 2. The minimum atomic E-state index is -4.64. The summed E-state index contributed by atoms with van der Waals surface area (Å²) in [5.74, 6) is -2.03. The molecule has 3 rings (SSSR count). The Kier molecular flexibility index (Phi) is 5.52. The molecule has 3 aromatic rings. The van der Waals surface area contributed by atoms with Gasteiger partial charge in [-0.2, -0.15) is 13.2 Å². The van der Waals surface area contributed by atoms with E-state index < -0.39 is 41.6 Å². The van der Waals surface area contributed by atoms with E-state index in [1.807, 2.05) is 0 Å². The second kappa shape index (κ2) is 7.75. The van der Waals surface area contributed by atoms with Gasteiger partial charge in [-0.25, -0.2) is 4.39 Å². The van der Waals surface area contributed by atoms with Crippen LogP contribution >= 0.6 is 11.6 Å². The average Bonchev–Trinajstić information content (AvgIpc) is 2.96. The predicted octanol–water partition coefficient (Wildman–Crippen LogP) is 4.69. The van der Waals surface area contributed by atoms with E-state index >= 15 is 0 Å². The Bertz CT molecular complexity index is 1090. The molecule has 1 aromatic heterocycles. The van der Waals surface area contributed by atoms with Crippen LogP contribution < -0.4 is 5.32 Å². The van der Waals surface area contributed by atoms with Gasteiger partial charge in [0.25, 0.3) is 5.91 Å². The number of hydrogen-bond donors (Lipinski definition) is 2. The molecular weight excluding hydrogens is 414 g/mol. The highest BCUT2D eigenvalue weighted by molar-refractivity contribution is 6.38. The average molecular weight is 428 g/mol. The number of nitrogens with one attached hydrogen (secondary N) is 2. The number of alkyl halides is 3. The van der Waals surface area contributed by atoms with Crippen molar-refractivity contribution in [3.63, 3.8) is 0 Å². The Morgan fingerprint density at radius 3 is 2.55 bits per heavy atom. The third kappa shape index (κ3) is 4.34. The summed E-state index contributed by atoms with van der Waals surface area (Å²) in [5.41, 5.74) is -1.04. The lowest BCUT2D eigenvalue weighted by Crippen LogP contribution is -2.35. The SMILES string of the molecule is CN(CC(=O)Nc1ccccc1C(F)(F)F)C(=O)c1[nH]c2ccc(F)cc2c1Cl. The Labute approximate surface area is 167 Å². The number of anilines is 1. The maximum Gasteiger partial charge on any atom is 0.418 e. The molecule has 0 fully saturated rings. The van der Waals surface area contributed by atoms with Crippen LogP contribution in [0.25, 0.3) is 10.9 Å². The zero-order chi connectivity index (χ0) is 21.3. The number of carbonyl (C=O) groups is 2. The fraction of sp³-hybridized carbons (Fsp3) is 0.158. The summed E-state index contributed by atoms with van der Waals surface area (Å²) < 4.78 is 52.5. The molecule has 2 aromatic carbocycles. The van der Waals surface area contributed by atoms with Gasteiger partial charge in [0.15, 0.2) is 0 Å². The van der Waals surface area contributed by atoms with Gasteiger partial charge >= 0.3 is 6.18 Å². The maximum absolute atomic E-state index is 13.4. The molecule has 5 nitrogen and oxygen atoms in total. The molecule has 0 atom stereocenters. The normalized spacial score (nSPS) is 11.5. The summed E-state index contributed by atoms with van der Waals surface area (Å²) >= 11 is 6.13. The number of nitrogens with zero attached hydrogens (tertiary/aromatic N) is 1. The van der Waals surface area contributed by atoms with E-state index in [0.29, 0.717) is 10.9 Å². The number of hydrogen-bond acceptors (Lipinski definition) is 2. The standard InChI is InChI=1S/C19H14ClF4N3O2/c1-27(9-15(28)25-14-5-3-2-4-12(14)19(22,23)24)18(29)17-16(20)11-8-10(21)6-7-13(11)26-17/h2-8,26H,9H2,1H3,(H,25,28). The number of benzene rings is 2. The first kappa shape index (κ1) is 20.7. The molecule has 0 bridgehead atoms. The van der Waals surface area contributed by atoms with Gasteiger partial charge in [-0.05, 0) is 30.3 Å². The van der Waals surface area contributed by atoms with Crippen LogP contribution in [-0.4, -0.2) is 35.3 Å². The number of halogens is 5. The van der Waals surface area contributed by atoms with Crippen molar-refractivity contribution in [2.45, 2.75) is 6.18 Å². The molecule has 0 aliphatic rings. The molecule has 1 heterocycles. The smallest absolute Gasteiger partial charge is 0.349 e. The van der Waals surface area contributed by atoms with E-state index in [4.69, 9.17) is 11.6 Å². The highest BCUT2D eigenvalue weighted by atomic mass is 35.5. The fourth-order valence-corrected chi connectivity index (χ4v) is 3.07. The molecule has 2 N–H and O–H groups in total. The molecular formula is C19H14ClF4N3O2. The molecule has 29 heavy (non-hydrogen) atoms. The van der Waals surface area contributed by atoms with Gasteiger partial charge in [-0.3, -0.25) is 9.59 Å². The molecule has 0 saturated heterocycles. The van der Waals surface area contributed by atoms with E-state index in [0.717, 1.165) is 23.1 Å². The lowest BCUT2D eigenvalue weighted by molar-refractivity contribution is -0.137. The lowest BCUT2D eigenvalue weighted by atomic mass is 10.1. The number of fused-ring (bicyclic) bond motifs is 1. The van der Waals surface area contributed by atoms with Gasteiger partial charge in [-0.1, -0.05) is 23.7 Å². The summed E-state index contributed by atoms with van der Waals surface area (Å²) in [4.78, 5) is 28.5. The van der Waals surface area contributed by atoms with Crippen molar-refractivity contribution >= 4 is 40.0 Å². The fourth-order valence-electron chi connectivity index (χ4n) is 2.79. The first-order valence-corrected chi connectivity index (χ1v) is 8.64. The van der Waals surface area contributed by atoms with E-state index in [-0.39, 0.29) is 10.7 Å². The topological polar surface area (TPSA) is 65.2 Å². The van der Waals surface area contributed by atoms with Gasteiger partial charge in [0.05, 0.1) is 22.8 Å². The Morgan fingerprint density at radius 1 is 1.17 bits per heavy atom. The monoisotopic (exact) mass is 427 g/mol. The minimum absolute atomic E-state index is 0.0147. The Morgan fingerprint density at radius 2 is 1.86 bits per heavy atom. The molecule has 0 spiro atoms. The van der Waals surface area contributed by atoms with Crippen LogP contribution in [-0.2, 0) is 11.0 Å². The van der Waals surface area contributed by atoms with Crippen LogP contribution in [0.1, 0.15) is 16.1 Å². The highest BCUT2D eigenvalue weighted by Crippen LogP contribution is 2.34. The van der Waals surface area contributed by atoms with E-state index in [1.54, 1.807) is 0 Å². The zero-order valence-corrected chi connectivity index (χ0v) is 15.7. The molecule has 0 aliphatic carbocycles. The second-order valence-electron chi connectivity index (χ2n) is 6.26. The van der Waals surface area contributed by atoms with Crippen LogP contribution in [0.4, 0.5) is 23.2 Å². The molecule has 10 heteroatoms. The number of aromatic nitrogens is 1. The van der Waals surface area contributed by atoms with Crippen molar-refractivity contribution in [2.75, 3.05) is 18.9 Å². The highest BCUT2D eigenvalue weighted by Gasteiger charge is 2.33. The van der Waals surface area contributed by atoms with Crippen molar-refractivity contribution in [2.24, 2.45) is 0 Å². The second-order valence-corrected chi connectivity index (χ2v) is 6.63. The molecule has 152 valence electrons. The number of likely N-dealkylation sites (N-methyl/N-ethyl adjacent to an activating group) is 1. The number of aromatic amines is 1. The number of para-hydroxylation sites is 1. The summed E-state index contributed by atoms with van der Waals surface area (Å²) in [5, 5.41) is 2.44. The summed E-state index contributed by atoms with van der Waals surface area (Å²) in [6.45, 7) is -0.523. The van der Waals surface area contributed by atoms with Gasteiger partial charge in [0.1, 0.15) is 11.5 Å². The predicted molar refractivity (Wildman–Crippen MR) is 100 cm³/mol. The molecule has 0 aliphatic heterocycles. The molecule has 0 saturated carbocycles. The van der Waals surface area contributed by atoms with Gasteiger partial charge in [0.2, 0.25) is 5.91 Å². The van der Waals surface area contributed by atoms with Crippen LogP contribution in [0.2, 0.25) is 5.02 Å². The third-order valence-electron chi connectivity index (χ3n) is 4.15. The lowest BCUT2D eigenvalue weighted by Gasteiger charge is -2.18. The number of H-pyrrole nitrogens is 1. The maximum atomic E-state index is 13.4. The third-order valence-corrected chi connectivity index (χ3v) is 4.54. The molecule has 0 unspecified atom stereocenters. The van der Waals surface area contributed by atoms with Crippen molar-refractivity contribution in [3.8, 4) is 0 Å². The summed E-state index contributed by atoms with van der Waals surface area (Å²) in [6.07, 6.45) is -4.64. The molecule has 0 radical (unpaired) electrons. The summed E-state index contributed by atoms with van der Waals surface area (Å²) in [6, 6.07) is 8.27. The zero-order valence-electron chi connectivity index (χ0n) is 14.9. The molecule has 2 amide bonds. The van der Waals surface area contributed by atoms with Crippen molar-refractivity contribution in [1.82, 2.24) is 9.88 Å². The van der Waals surface area contributed by atoms with E-state index in [1.165, 1.54) is 31.3 Å². The van der Waals surface area contributed by atoms with Crippen molar-refractivity contribution in [1.29, 1.82) is 0 Å². The van der Waals surface area contributed by atoms with Crippen LogP contribution in [0, 0.1) is 5.82 Å². The van der Waals surface area contributed by atoms with Gasteiger partial charge in [0, 0.05) is 18.0 Å². The van der Waals surface area contributed by atoms with Crippen LogP contribution in [0.5, 0.6) is 0 Å². The Balaban J connectivity index is 1.75. The first-order chi connectivity index (χ1) is 13.6. The van der Waals surface area contributed by atoms with Gasteiger partial charge < -0.3 is 15.2 Å². The summed E-state index contributed by atoms with van der Waals surface area (Å²) in [7, 11) is 1.29. The number of carbonyl (C=O) groups excluding carboxylic acids is 2. The quantitative estimate of drug-likeness (QED) is 0.593. The minimum Gasteiger partial charge on any atom is -0.349 e. The van der Waals surface area contributed by atoms with Crippen LogP contribution in [0.3, 0.4) is 0 Å². The van der Waals surface area contributed by atoms with E-state index in [9.17, 15) is 27.2 Å². The van der Waals surface area contributed by atoms with Crippen molar-refractivity contribution in [3.05, 3.63) is 64.6 Å².